The molecule has 0 saturated carbocycles. The Kier molecular flexibility index (Phi) is 5.72. The molecule has 0 aliphatic heterocycles. The van der Waals surface area contributed by atoms with Crippen molar-refractivity contribution in [3.05, 3.63) is 84.6 Å². The van der Waals surface area contributed by atoms with Crippen LogP contribution in [0.3, 0.4) is 0 Å². The van der Waals surface area contributed by atoms with E-state index in [1.165, 1.54) is 37.1 Å². The van der Waals surface area contributed by atoms with E-state index in [0.29, 0.717) is 22.4 Å². The summed E-state index contributed by atoms with van der Waals surface area (Å²) in [5.41, 5.74) is -0.935. The average molecular weight is 494 g/mol. The molecule has 5 aromatic rings. The normalized spacial score (nSPS) is 11.4. The molecule has 5 rings (SSSR count). The molecule has 1 aromatic carbocycles. The van der Waals surface area contributed by atoms with Gasteiger partial charge in [0.25, 0.3) is 5.91 Å². The molecule has 1 amide bonds. The number of nitrogens with zero attached hydrogens (tertiary/aromatic N) is 5. The summed E-state index contributed by atoms with van der Waals surface area (Å²) in [6.07, 6.45) is -0.824. The Labute approximate surface area is 199 Å². The van der Waals surface area contributed by atoms with E-state index in [0.717, 1.165) is 18.2 Å². The molecule has 0 radical (unpaired) electrons. The molecule has 0 bridgehead atoms. The maximum atomic E-state index is 13.9. The van der Waals surface area contributed by atoms with Crippen LogP contribution < -0.4 is 10.6 Å². The van der Waals surface area contributed by atoms with Crippen molar-refractivity contribution in [2.45, 2.75) is 6.18 Å². The monoisotopic (exact) mass is 494 g/mol. The maximum Gasteiger partial charge on any atom is 0.435 e. The second-order valence-corrected chi connectivity index (χ2v) is 7.37. The highest BCUT2D eigenvalue weighted by Gasteiger charge is 2.37. The Bertz CT molecular complexity index is 1580. The van der Waals surface area contributed by atoms with Crippen LogP contribution in [0.4, 0.5) is 34.8 Å². The summed E-state index contributed by atoms with van der Waals surface area (Å²) in [6.45, 7) is 0. The number of H-pyrrole nitrogens is 1. The molecule has 0 fully saturated rings. The lowest BCUT2D eigenvalue weighted by Crippen LogP contribution is -2.19. The van der Waals surface area contributed by atoms with E-state index in [9.17, 15) is 22.4 Å². The topological polar surface area (TPSA) is 121 Å². The Morgan fingerprint density at radius 1 is 0.917 bits per heavy atom. The summed E-state index contributed by atoms with van der Waals surface area (Å²) in [6, 6.07) is 10.6. The second-order valence-electron chi connectivity index (χ2n) is 7.37. The number of pyridine rings is 2. The number of aromatic amines is 1. The lowest BCUT2D eigenvalue weighted by atomic mass is 10.1. The molecule has 0 aliphatic carbocycles. The first kappa shape index (κ1) is 22.8. The summed E-state index contributed by atoms with van der Waals surface area (Å²) >= 11 is 0. The zero-order chi connectivity index (χ0) is 25.3. The van der Waals surface area contributed by atoms with Gasteiger partial charge in [0.05, 0.1) is 17.7 Å². The van der Waals surface area contributed by atoms with Crippen LogP contribution in [0.2, 0.25) is 0 Å². The summed E-state index contributed by atoms with van der Waals surface area (Å²) in [7, 11) is 0. The highest BCUT2D eigenvalue weighted by atomic mass is 19.4. The number of imidazole rings is 1. The van der Waals surface area contributed by atoms with Crippen molar-refractivity contribution in [3.63, 3.8) is 0 Å². The van der Waals surface area contributed by atoms with Gasteiger partial charge in [-0.05, 0) is 36.4 Å². The first-order valence-corrected chi connectivity index (χ1v) is 10.3. The van der Waals surface area contributed by atoms with Crippen LogP contribution in [0.5, 0.6) is 0 Å². The Balaban J connectivity index is 1.52. The number of para-hydroxylation sites is 1. The number of hydrogen-bond acceptors (Lipinski definition) is 7. The molecule has 0 spiro atoms. The number of carbonyl (C=O) groups is 1. The van der Waals surface area contributed by atoms with Gasteiger partial charge in [-0.3, -0.25) is 4.79 Å². The van der Waals surface area contributed by atoms with Crippen LogP contribution in [-0.4, -0.2) is 35.8 Å². The highest BCUT2D eigenvalue weighted by molar-refractivity contribution is 6.03. The number of halogens is 4. The van der Waals surface area contributed by atoms with Gasteiger partial charge in [0.15, 0.2) is 11.3 Å². The van der Waals surface area contributed by atoms with Crippen molar-refractivity contribution in [1.82, 2.24) is 29.9 Å². The van der Waals surface area contributed by atoms with Gasteiger partial charge in [-0.25, -0.2) is 29.3 Å². The third-order valence-electron chi connectivity index (χ3n) is 5.06. The van der Waals surface area contributed by atoms with Crippen molar-refractivity contribution in [2.75, 3.05) is 10.6 Å². The number of benzene rings is 1. The third kappa shape index (κ3) is 4.41. The summed E-state index contributed by atoms with van der Waals surface area (Å²) in [5.74, 6) is -1.68. The molecule has 4 heterocycles. The van der Waals surface area contributed by atoms with Crippen LogP contribution in [0.1, 0.15) is 16.2 Å². The van der Waals surface area contributed by atoms with Gasteiger partial charge in [0.2, 0.25) is 0 Å². The van der Waals surface area contributed by atoms with Gasteiger partial charge < -0.3 is 15.6 Å². The molecule has 13 heteroatoms. The van der Waals surface area contributed by atoms with Gasteiger partial charge in [-0.2, -0.15) is 13.2 Å². The van der Waals surface area contributed by atoms with Crippen molar-refractivity contribution in [3.8, 4) is 11.3 Å². The Morgan fingerprint density at radius 3 is 2.56 bits per heavy atom. The summed E-state index contributed by atoms with van der Waals surface area (Å²) < 4.78 is 55.6. The quantitative estimate of drug-likeness (QED) is 0.295. The van der Waals surface area contributed by atoms with E-state index < -0.39 is 35.0 Å². The van der Waals surface area contributed by atoms with Crippen LogP contribution in [0.15, 0.2) is 67.4 Å². The Hall–Kier alpha value is -4.94. The van der Waals surface area contributed by atoms with E-state index in [1.54, 1.807) is 12.1 Å². The van der Waals surface area contributed by atoms with Crippen LogP contribution in [0, 0.1) is 5.82 Å². The molecule has 180 valence electrons. The smallest absolute Gasteiger partial charge is 0.341 e. The zero-order valence-electron chi connectivity index (χ0n) is 18.0. The predicted octanol–water partition coefficient (Wildman–Crippen LogP) is 4.96. The molecule has 3 N–H and O–H groups in total. The SMILES string of the molecule is O=C(Nc1ccccc1F)c1ccc(Nc2ncccc2-c2ncnc3nc[nH]c23)c(C(F)(F)F)n1. The number of hydrogen-bond donors (Lipinski definition) is 3. The molecule has 0 unspecified atom stereocenters. The van der Waals surface area contributed by atoms with Gasteiger partial charge >= 0.3 is 6.18 Å². The van der Waals surface area contributed by atoms with Crippen molar-refractivity contribution in [1.29, 1.82) is 0 Å². The fraction of sp³-hybridized carbons (Fsp3) is 0.0435. The molecule has 0 saturated heterocycles. The van der Waals surface area contributed by atoms with Crippen molar-refractivity contribution in [2.24, 2.45) is 0 Å². The van der Waals surface area contributed by atoms with E-state index >= 15 is 0 Å². The molecule has 9 nitrogen and oxygen atoms in total. The van der Waals surface area contributed by atoms with Gasteiger partial charge in [0, 0.05) is 11.8 Å². The molecular weight excluding hydrogens is 480 g/mol. The first-order chi connectivity index (χ1) is 17.3. The summed E-state index contributed by atoms with van der Waals surface area (Å²) in [5, 5.41) is 4.87. The average Bonchev–Trinajstić information content (AvgIpc) is 3.35. The number of nitrogens with one attached hydrogen (secondary N) is 3. The highest BCUT2D eigenvalue weighted by Crippen LogP contribution is 2.37. The first-order valence-electron chi connectivity index (χ1n) is 10.3. The minimum Gasteiger partial charge on any atom is -0.341 e. The fourth-order valence-electron chi connectivity index (χ4n) is 3.44. The summed E-state index contributed by atoms with van der Waals surface area (Å²) in [4.78, 5) is 35.4. The third-order valence-corrected chi connectivity index (χ3v) is 5.06. The number of alkyl halides is 3. The van der Waals surface area contributed by atoms with E-state index in [-0.39, 0.29) is 11.5 Å². The minimum absolute atomic E-state index is 0.0583. The van der Waals surface area contributed by atoms with E-state index in [4.69, 9.17) is 0 Å². The molecule has 0 atom stereocenters. The van der Waals surface area contributed by atoms with E-state index in [1.807, 2.05) is 0 Å². The Morgan fingerprint density at radius 2 is 1.75 bits per heavy atom. The van der Waals surface area contributed by atoms with Crippen molar-refractivity contribution < 1.29 is 22.4 Å². The lowest BCUT2D eigenvalue weighted by Gasteiger charge is -2.16. The molecule has 4 aromatic heterocycles. The van der Waals surface area contributed by atoms with E-state index in [2.05, 4.69) is 40.5 Å². The predicted molar refractivity (Wildman–Crippen MR) is 122 cm³/mol. The van der Waals surface area contributed by atoms with Gasteiger partial charge in [-0.15, -0.1) is 0 Å². The maximum absolute atomic E-state index is 13.9. The van der Waals surface area contributed by atoms with Crippen LogP contribution in [0.25, 0.3) is 22.4 Å². The number of anilines is 3. The lowest BCUT2D eigenvalue weighted by molar-refractivity contribution is -0.140. The number of fused-ring (bicyclic) bond motifs is 1. The number of aromatic nitrogens is 6. The van der Waals surface area contributed by atoms with Crippen LogP contribution >= 0.6 is 0 Å². The fourth-order valence-corrected chi connectivity index (χ4v) is 3.44. The number of amides is 1. The minimum atomic E-state index is -4.92. The molecular formula is C23H14F4N8O. The number of carbonyl (C=O) groups excluding carboxylic acids is 1. The van der Waals surface area contributed by atoms with Gasteiger partial charge in [0.1, 0.15) is 34.9 Å². The number of rotatable bonds is 5. The molecule has 36 heavy (non-hydrogen) atoms. The van der Waals surface area contributed by atoms with Crippen molar-refractivity contribution >= 4 is 34.3 Å². The molecule has 0 aliphatic rings. The largest absolute Gasteiger partial charge is 0.435 e. The van der Waals surface area contributed by atoms with Gasteiger partial charge in [-0.1, -0.05) is 12.1 Å². The standard InChI is InChI=1S/C23H14F4N8O/c24-13-5-1-2-6-14(13)35-22(36)16-8-7-15(19(33-16)23(25,26)27)34-20-12(4-3-9-28-20)17-18-21(31-10-29-17)32-11-30-18/h1-11H,(H,28,34)(H,35,36)(H,29,30,31,32). The second kappa shape index (κ2) is 9.02. The van der Waals surface area contributed by atoms with Crippen LogP contribution in [-0.2, 0) is 6.18 Å². The zero-order valence-corrected chi connectivity index (χ0v) is 18.0.